The summed E-state index contributed by atoms with van der Waals surface area (Å²) in [5.74, 6) is -0.243. The molecule has 0 radical (unpaired) electrons. The Morgan fingerprint density at radius 1 is 1.11 bits per heavy atom. The van der Waals surface area contributed by atoms with E-state index < -0.39 is 9.73 Å². The lowest BCUT2D eigenvalue weighted by Crippen LogP contribution is -2.03. The van der Waals surface area contributed by atoms with E-state index in [1.807, 2.05) is 18.2 Å². The number of unbranched alkanes of at least 4 members (excludes halogenated alkanes) is 4. The monoisotopic (exact) mass is 281 g/mol. The Kier molecular flexibility index (Phi) is 6.78. The lowest BCUT2D eigenvalue weighted by atomic mass is 10.1. The van der Waals surface area contributed by atoms with Crippen molar-refractivity contribution in [2.24, 2.45) is 4.36 Å². The molecule has 1 unspecified atom stereocenters. The minimum Gasteiger partial charge on any atom is -0.272 e. The number of amides is 1. The highest BCUT2D eigenvalue weighted by molar-refractivity contribution is 7.93. The lowest BCUT2D eigenvalue weighted by Gasteiger charge is -2.03. The molecule has 0 aromatic heterocycles. The van der Waals surface area contributed by atoms with Crippen LogP contribution in [0, 0.1) is 0 Å². The first-order chi connectivity index (χ1) is 9.06. The molecule has 0 saturated carbocycles. The van der Waals surface area contributed by atoms with E-state index in [-0.39, 0.29) is 5.91 Å². The van der Waals surface area contributed by atoms with E-state index in [1.54, 1.807) is 12.1 Å². The Hall–Kier alpha value is -1.16. The fraction of sp³-hybridized carbons (Fsp3) is 0.533. The SMILES string of the molecule is CCCCCCCC(=O)N=S(C)(=O)c1ccccc1. The Bertz CT molecular complexity index is 502. The van der Waals surface area contributed by atoms with Gasteiger partial charge in [-0.15, -0.1) is 0 Å². The zero-order chi connectivity index (χ0) is 14.1. The van der Waals surface area contributed by atoms with E-state index in [0.29, 0.717) is 11.3 Å². The quantitative estimate of drug-likeness (QED) is 0.708. The van der Waals surface area contributed by atoms with Gasteiger partial charge in [0.05, 0.1) is 9.73 Å². The van der Waals surface area contributed by atoms with Gasteiger partial charge in [-0.25, -0.2) is 4.21 Å². The van der Waals surface area contributed by atoms with Gasteiger partial charge >= 0.3 is 0 Å². The molecule has 1 rings (SSSR count). The third kappa shape index (κ3) is 6.01. The first-order valence-corrected chi connectivity index (χ1v) is 8.78. The number of rotatable bonds is 7. The van der Waals surface area contributed by atoms with Gasteiger partial charge in [0.25, 0.3) is 5.91 Å². The molecular formula is C15H23NO2S. The van der Waals surface area contributed by atoms with E-state index >= 15 is 0 Å². The van der Waals surface area contributed by atoms with Crippen LogP contribution in [0.4, 0.5) is 0 Å². The highest BCUT2D eigenvalue weighted by Gasteiger charge is 2.08. The van der Waals surface area contributed by atoms with Crippen molar-refractivity contribution in [2.75, 3.05) is 6.26 Å². The minimum atomic E-state index is -2.58. The largest absolute Gasteiger partial charge is 0.272 e. The molecule has 0 saturated heterocycles. The third-order valence-electron chi connectivity index (χ3n) is 2.95. The summed E-state index contributed by atoms with van der Waals surface area (Å²) in [6.07, 6.45) is 7.37. The molecule has 1 aromatic carbocycles. The van der Waals surface area contributed by atoms with Crippen LogP contribution < -0.4 is 0 Å². The van der Waals surface area contributed by atoms with Crippen LogP contribution in [0.5, 0.6) is 0 Å². The Morgan fingerprint density at radius 3 is 2.37 bits per heavy atom. The molecule has 0 spiro atoms. The van der Waals surface area contributed by atoms with Gasteiger partial charge < -0.3 is 0 Å². The summed E-state index contributed by atoms with van der Waals surface area (Å²) in [5.41, 5.74) is 0. The van der Waals surface area contributed by atoms with E-state index in [0.717, 1.165) is 19.3 Å². The summed E-state index contributed by atoms with van der Waals surface area (Å²) >= 11 is 0. The molecule has 1 amide bonds. The van der Waals surface area contributed by atoms with Crippen molar-refractivity contribution in [2.45, 2.75) is 50.3 Å². The average Bonchev–Trinajstić information content (AvgIpc) is 2.39. The van der Waals surface area contributed by atoms with Crippen LogP contribution >= 0.6 is 0 Å². The fourth-order valence-corrected chi connectivity index (χ4v) is 3.09. The maximum atomic E-state index is 12.3. The first kappa shape index (κ1) is 15.9. The second-order valence-corrected chi connectivity index (χ2v) is 7.02. The van der Waals surface area contributed by atoms with Gasteiger partial charge in [-0.05, 0) is 18.6 Å². The number of benzene rings is 1. The summed E-state index contributed by atoms with van der Waals surface area (Å²) in [6.45, 7) is 2.16. The molecule has 0 aliphatic carbocycles. The molecule has 0 heterocycles. The van der Waals surface area contributed by atoms with Gasteiger partial charge in [0, 0.05) is 17.6 Å². The summed E-state index contributed by atoms with van der Waals surface area (Å²) in [7, 11) is -2.58. The molecule has 0 bridgehead atoms. The fourth-order valence-electron chi connectivity index (χ4n) is 1.85. The summed E-state index contributed by atoms with van der Waals surface area (Å²) in [6, 6.07) is 8.97. The Balaban J connectivity index is 2.54. The lowest BCUT2D eigenvalue weighted by molar-refractivity contribution is -0.117. The van der Waals surface area contributed by atoms with E-state index in [1.165, 1.54) is 19.1 Å². The molecule has 1 atom stereocenters. The number of hydrogen-bond acceptors (Lipinski definition) is 2. The van der Waals surface area contributed by atoms with Crippen molar-refractivity contribution in [3.05, 3.63) is 30.3 Å². The van der Waals surface area contributed by atoms with E-state index in [4.69, 9.17) is 0 Å². The highest BCUT2D eigenvalue weighted by atomic mass is 32.2. The first-order valence-electron chi connectivity index (χ1n) is 6.86. The number of carbonyl (C=O) groups is 1. The second-order valence-electron chi connectivity index (χ2n) is 4.76. The van der Waals surface area contributed by atoms with Crippen molar-refractivity contribution in [3.8, 4) is 0 Å². The summed E-state index contributed by atoms with van der Waals surface area (Å²) < 4.78 is 16.2. The van der Waals surface area contributed by atoms with Gasteiger partial charge in [-0.3, -0.25) is 4.79 Å². The Morgan fingerprint density at radius 2 is 1.74 bits per heavy atom. The van der Waals surface area contributed by atoms with E-state index in [9.17, 15) is 9.00 Å². The number of carbonyl (C=O) groups excluding carboxylic acids is 1. The molecule has 0 aliphatic heterocycles. The van der Waals surface area contributed by atoms with Crippen LogP contribution in [0.3, 0.4) is 0 Å². The average molecular weight is 281 g/mol. The van der Waals surface area contributed by atoms with Crippen LogP contribution in [0.1, 0.15) is 45.4 Å². The van der Waals surface area contributed by atoms with Crippen LogP contribution in [0.2, 0.25) is 0 Å². The van der Waals surface area contributed by atoms with Gasteiger partial charge in [0.15, 0.2) is 0 Å². The second kappa shape index (κ2) is 8.10. The van der Waals surface area contributed by atoms with Gasteiger partial charge in [-0.2, -0.15) is 4.36 Å². The maximum absolute atomic E-state index is 12.3. The number of hydrogen-bond donors (Lipinski definition) is 0. The predicted octanol–water partition coefficient (Wildman–Crippen LogP) is 4.03. The minimum absolute atomic E-state index is 0.243. The molecule has 0 fully saturated rings. The predicted molar refractivity (Wildman–Crippen MR) is 79.6 cm³/mol. The van der Waals surface area contributed by atoms with Crippen molar-refractivity contribution >= 4 is 15.6 Å². The molecule has 3 nitrogen and oxygen atoms in total. The van der Waals surface area contributed by atoms with E-state index in [2.05, 4.69) is 11.3 Å². The van der Waals surface area contributed by atoms with Gasteiger partial charge in [0.2, 0.25) is 0 Å². The smallest absolute Gasteiger partial charge is 0.254 e. The van der Waals surface area contributed by atoms with Crippen molar-refractivity contribution in [1.82, 2.24) is 0 Å². The molecule has 4 heteroatoms. The zero-order valence-electron chi connectivity index (χ0n) is 11.8. The topological polar surface area (TPSA) is 46.5 Å². The molecule has 19 heavy (non-hydrogen) atoms. The third-order valence-corrected chi connectivity index (χ3v) is 4.65. The molecule has 0 N–H and O–H groups in total. The standard InChI is InChI=1S/C15H23NO2S/c1-3-4-5-6-10-13-15(17)16-19(2,18)14-11-8-7-9-12-14/h7-9,11-12H,3-6,10,13H2,1-2H3. The van der Waals surface area contributed by atoms with Crippen molar-refractivity contribution in [3.63, 3.8) is 0 Å². The maximum Gasteiger partial charge on any atom is 0.254 e. The molecule has 106 valence electrons. The van der Waals surface area contributed by atoms with Crippen LogP contribution in [-0.2, 0) is 14.5 Å². The summed E-state index contributed by atoms with van der Waals surface area (Å²) in [4.78, 5) is 12.3. The summed E-state index contributed by atoms with van der Waals surface area (Å²) in [5, 5.41) is 0. The van der Waals surface area contributed by atoms with Gasteiger partial charge in [-0.1, -0.05) is 50.8 Å². The molecule has 1 aromatic rings. The van der Waals surface area contributed by atoms with Crippen LogP contribution in [0.25, 0.3) is 0 Å². The van der Waals surface area contributed by atoms with Gasteiger partial charge in [0.1, 0.15) is 0 Å². The molecular weight excluding hydrogens is 258 g/mol. The number of nitrogens with zero attached hydrogens (tertiary/aromatic N) is 1. The van der Waals surface area contributed by atoms with Crippen molar-refractivity contribution < 1.29 is 9.00 Å². The Labute approximate surface area is 116 Å². The van der Waals surface area contributed by atoms with Crippen LogP contribution in [-0.4, -0.2) is 16.4 Å². The van der Waals surface area contributed by atoms with Crippen molar-refractivity contribution in [1.29, 1.82) is 0 Å². The highest BCUT2D eigenvalue weighted by Crippen LogP contribution is 2.12. The zero-order valence-corrected chi connectivity index (χ0v) is 12.6. The normalized spacial score (nSPS) is 13.8. The van der Waals surface area contributed by atoms with Crippen LogP contribution in [0.15, 0.2) is 39.6 Å². The molecule has 0 aliphatic rings.